The fourth-order valence-electron chi connectivity index (χ4n) is 1.38. The molecule has 1 unspecified atom stereocenters. The van der Waals surface area contributed by atoms with Crippen LogP contribution in [0.15, 0.2) is 16.5 Å². The number of hydrogen-bond donors (Lipinski definition) is 2. The van der Waals surface area contributed by atoms with E-state index in [-0.39, 0.29) is 23.3 Å². The fraction of sp³-hybridized carbons (Fsp3) is 0.545. The van der Waals surface area contributed by atoms with Gasteiger partial charge in [-0.15, -0.1) is 0 Å². The molecule has 0 spiro atoms. The maximum atomic E-state index is 11.3. The predicted molar refractivity (Wildman–Crippen MR) is 66.4 cm³/mol. The second-order valence-corrected chi connectivity index (χ2v) is 6.39. The van der Waals surface area contributed by atoms with Crippen molar-refractivity contribution >= 4 is 15.8 Å². The molecule has 7 heteroatoms. The van der Waals surface area contributed by atoms with Crippen LogP contribution in [-0.4, -0.2) is 37.5 Å². The highest BCUT2D eigenvalue weighted by Crippen LogP contribution is 2.15. The molecule has 1 rings (SSSR count). The van der Waals surface area contributed by atoms with E-state index >= 15 is 0 Å². The Morgan fingerprint density at radius 3 is 2.67 bits per heavy atom. The normalized spacial score (nSPS) is 13.4. The van der Waals surface area contributed by atoms with Crippen molar-refractivity contribution in [2.45, 2.75) is 19.9 Å². The van der Waals surface area contributed by atoms with Gasteiger partial charge >= 0.3 is 5.97 Å². The molecule has 0 aliphatic carbocycles. The van der Waals surface area contributed by atoms with Gasteiger partial charge in [0.15, 0.2) is 9.84 Å². The van der Waals surface area contributed by atoms with Gasteiger partial charge in [0.25, 0.3) is 0 Å². The van der Waals surface area contributed by atoms with Crippen molar-refractivity contribution in [1.29, 1.82) is 0 Å². The van der Waals surface area contributed by atoms with Gasteiger partial charge in [-0.3, -0.25) is 0 Å². The summed E-state index contributed by atoms with van der Waals surface area (Å²) in [5.74, 6) is -0.601. The van der Waals surface area contributed by atoms with E-state index in [1.807, 2.05) is 0 Å². The Labute approximate surface area is 106 Å². The van der Waals surface area contributed by atoms with Crippen LogP contribution >= 0.6 is 0 Å². The first-order valence-corrected chi connectivity index (χ1v) is 7.44. The van der Waals surface area contributed by atoms with Crippen LogP contribution in [-0.2, 0) is 9.84 Å². The second kappa shape index (κ2) is 6.01. The molecule has 2 N–H and O–H groups in total. The van der Waals surface area contributed by atoms with Crippen LogP contribution in [0.25, 0.3) is 0 Å². The van der Waals surface area contributed by atoms with E-state index in [9.17, 15) is 13.2 Å². The lowest BCUT2D eigenvalue weighted by Crippen LogP contribution is -2.26. The SMILES string of the molecule is CCS(=O)(=O)CCNC(C)c1ccc(C(=O)O)o1. The Morgan fingerprint density at radius 2 is 2.17 bits per heavy atom. The van der Waals surface area contributed by atoms with Crippen molar-refractivity contribution in [1.82, 2.24) is 5.32 Å². The van der Waals surface area contributed by atoms with E-state index < -0.39 is 15.8 Å². The molecule has 0 aliphatic rings. The third-order valence-electron chi connectivity index (χ3n) is 2.57. The van der Waals surface area contributed by atoms with E-state index in [1.165, 1.54) is 6.07 Å². The third-order valence-corrected chi connectivity index (χ3v) is 4.27. The van der Waals surface area contributed by atoms with Crippen molar-refractivity contribution in [2.75, 3.05) is 18.1 Å². The van der Waals surface area contributed by atoms with Gasteiger partial charge in [0.05, 0.1) is 11.8 Å². The van der Waals surface area contributed by atoms with Gasteiger partial charge in [-0.25, -0.2) is 13.2 Å². The van der Waals surface area contributed by atoms with Gasteiger partial charge in [0.1, 0.15) is 5.76 Å². The zero-order valence-corrected chi connectivity index (χ0v) is 11.2. The summed E-state index contributed by atoms with van der Waals surface area (Å²) in [6, 6.07) is 2.71. The first-order chi connectivity index (χ1) is 8.35. The van der Waals surface area contributed by atoms with Crippen molar-refractivity contribution in [2.24, 2.45) is 0 Å². The van der Waals surface area contributed by atoms with Crippen LogP contribution in [0.3, 0.4) is 0 Å². The van der Waals surface area contributed by atoms with Gasteiger partial charge in [-0.1, -0.05) is 6.92 Å². The number of rotatable bonds is 7. The molecule has 18 heavy (non-hydrogen) atoms. The maximum absolute atomic E-state index is 11.3. The maximum Gasteiger partial charge on any atom is 0.371 e. The van der Waals surface area contributed by atoms with Crippen LogP contribution in [0.1, 0.15) is 36.2 Å². The van der Waals surface area contributed by atoms with Gasteiger partial charge < -0.3 is 14.8 Å². The van der Waals surface area contributed by atoms with E-state index in [0.29, 0.717) is 12.3 Å². The molecule has 0 saturated heterocycles. The number of carboxylic acid groups (broad SMARTS) is 1. The molecule has 1 aromatic rings. The largest absolute Gasteiger partial charge is 0.475 e. The fourth-order valence-corrected chi connectivity index (χ4v) is 2.09. The van der Waals surface area contributed by atoms with Gasteiger partial charge in [0, 0.05) is 12.3 Å². The highest BCUT2D eigenvalue weighted by molar-refractivity contribution is 7.91. The van der Waals surface area contributed by atoms with Crippen LogP contribution in [0.4, 0.5) is 0 Å². The summed E-state index contributed by atoms with van der Waals surface area (Å²) in [7, 11) is -2.99. The van der Waals surface area contributed by atoms with Crippen LogP contribution in [0.2, 0.25) is 0 Å². The van der Waals surface area contributed by atoms with Gasteiger partial charge in [0.2, 0.25) is 5.76 Å². The monoisotopic (exact) mass is 275 g/mol. The van der Waals surface area contributed by atoms with Gasteiger partial charge in [-0.2, -0.15) is 0 Å². The topological polar surface area (TPSA) is 96.6 Å². The number of furan rings is 1. The van der Waals surface area contributed by atoms with E-state index in [0.717, 1.165) is 0 Å². The molecule has 0 fully saturated rings. The van der Waals surface area contributed by atoms with E-state index in [2.05, 4.69) is 5.32 Å². The quantitative estimate of drug-likeness (QED) is 0.772. The molecular weight excluding hydrogens is 258 g/mol. The van der Waals surface area contributed by atoms with Crippen molar-refractivity contribution in [3.05, 3.63) is 23.7 Å². The molecule has 1 atom stereocenters. The van der Waals surface area contributed by atoms with Crippen molar-refractivity contribution in [3.8, 4) is 0 Å². The molecule has 0 aliphatic heterocycles. The first kappa shape index (κ1) is 14.7. The number of carboxylic acids is 1. The molecule has 0 saturated carbocycles. The third kappa shape index (κ3) is 4.15. The molecule has 0 amide bonds. The van der Waals surface area contributed by atoms with Crippen LogP contribution in [0, 0.1) is 0 Å². The summed E-state index contributed by atoms with van der Waals surface area (Å²) in [5, 5.41) is 11.7. The number of nitrogens with one attached hydrogen (secondary N) is 1. The lowest BCUT2D eigenvalue weighted by Gasteiger charge is -2.10. The van der Waals surface area contributed by atoms with Crippen molar-refractivity contribution < 1.29 is 22.7 Å². The number of aromatic carboxylic acids is 1. The number of sulfone groups is 1. The molecule has 6 nitrogen and oxygen atoms in total. The van der Waals surface area contributed by atoms with Crippen molar-refractivity contribution in [3.63, 3.8) is 0 Å². The summed E-state index contributed by atoms with van der Waals surface area (Å²) < 4.78 is 27.6. The second-order valence-electron chi connectivity index (χ2n) is 3.92. The predicted octanol–water partition coefficient (Wildman–Crippen LogP) is 1.06. The summed E-state index contributed by atoms with van der Waals surface area (Å²) >= 11 is 0. The zero-order chi connectivity index (χ0) is 13.8. The first-order valence-electron chi connectivity index (χ1n) is 5.62. The summed E-state index contributed by atoms with van der Waals surface area (Å²) in [5.41, 5.74) is 0. The zero-order valence-electron chi connectivity index (χ0n) is 10.3. The Hall–Kier alpha value is -1.34. The highest BCUT2D eigenvalue weighted by Gasteiger charge is 2.14. The number of hydrogen-bond acceptors (Lipinski definition) is 5. The van der Waals surface area contributed by atoms with E-state index in [1.54, 1.807) is 19.9 Å². The lowest BCUT2D eigenvalue weighted by molar-refractivity contribution is 0.0659. The Balaban J connectivity index is 2.50. The van der Waals surface area contributed by atoms with Crippen LogP contribution < -0.4 is 5.32 Å². The van der Waals surface area contributed by atoms with E-state index in [4.69, 9.17) is 9.52 Å². The summed E-state index contributed by atoms with van der Waals surface area (Å²) in [6.07, 6.45) is 0. The minimum absolute atomic E-state index is 0.0559. The highest BCUT2D eigenvalue weighted by atomic mass is 32.2. The molecule has 0 bridgehead atoms. The Morgan fingerprint density at radius 1 is 1.50 bits per heavy atom. The van der Waals surface area contributed by atoms with Crippen LogP contribution in [0.5, 0.6) is 0 Å². The molecule has 1 heterocycles. The summed E-state index contributed by atoms with van der Waals surface area (Å²) in [6.45, 7) is 3.69. The summed E-state index contributed by atoms with van der Waals surface area (Å²) in [4.78, 5) is 10.6. The molecule has 1 aromatic heterocycles. The van der Waals surface area contributed by atoms with Gasteiger partial charge in [-0.05, 0) is 19.1 Å². The molecule has 0 aromatic carbocycles. The molecule has 102 valence electrons. The minimum atomic E-state index is -2.99. The Kier molecular flexibility index (Phi) is 4.92. The standard InChI is InChI=1S/C11H17NO5S/c1-3-18(15,16)7-6-12-8(2)9-4-5-10(17-9)11(13)14/h4-5,8,12H,3,6-7H2,1-2H3,(H,13,14). The number of carbonyl (C=O) groups is 1. The minimum Gasteiger partial charge on any atom is -0.475 e. The molecular formula is C11H17NO5S. The Bertz CT molecular complexity index is 505. The smallest absolute Gasteiger partial charge is 0.371 e. The average molecular weight is 275 g/mol. The lowest BCUT2D eigenvalue weighted by atomic mass is 10.2. The molecule has 0 radical (unpaired) electrons. The average Bonchev–Trinajstić information content (AvgIpc) is 2.78.